The number of rotatable bonds is 5. The summed E-state index contributed by atoms with van der Waals surface area (Å²) in [6.45, 7) is 4.62. The minimum Gasteiger partial charge on any atom is -0.342 e. The number of piperidine rings is 1. The first-order valence-corrected chi connectivity index (χ1v) is 7.79. The second-order valence-electron chi connectivity index (χ2n) is 5.71. The van der Waals surface area contributed by atoms with Gasteiger partial charge in [0.15, 0.2) is 0 Å². The molecule has 1 aliphatic rings. The van der Waals surface area contributed by atoms with Gasteiger partial charge in [-0.05, 0) is 36.8 Å². The lowest BCUT2D eigenvalue weighted by atomic mass is 9.79. The summed E-state index contributed by atoms with van der Waals surface area (Å²) in [6.07, 6.45) is 3.61. The summed E-state index contributed by atoms with van der Waals surface area (Å²) in [5.74, 6) is 1.45. The third kappa shape index (κ3) is 4.72. The highest BCUT2D eigenvalue weighted by Crippen LogP contribution is 2.34. The van der Waals surface area contributed by atoms with Crippen molar-refractivity contribution in [3.8, 4) is 0 Å². The van der Waals surface area contributed by atoms with E-state index in [0.717, 1.165) is 32.4 Å². The second-order valence-corrected chi connectivity index (χ2v) is 5.71. The maximum Gasteiger partial charge on any atom is 0.222 e. The number of amides is 1. The van der Waals surface area contributed by atoms with Gasteiger partial charge in [-0.2, -0.15) is 0 Å². The largest absolute Gasteiger partial charge is 0.342 e. The van der Waals surface area contributed by atoms with Crippen molar-refractivity contribution in [2.45, 2.75) is 38.5 Å². The number of carbonyl (C=O) groups is 1. The summed E-state index contributed by atoms with van der Waals surface area (Å²) >= 11 is 0. The molecule has 1 fully saturated rings. The topological polar surface area (TPSA) is 46.3 Å². The van der Waals surface area contributed by atoms with Gasteiger partial charge < -0.3 is 10.6 Å². The van der Waals surface area contributed by atoms with Crippen molar-refractivity contribution in [1.82, 2.24) is 4.90 Å². The van der Waals surface area contributed by atoms with Gasteiger partial charge in [0, 0.05) is 19.5 Å². The Hall–Kier alpha value is -1.06. The Labute approximate surface area is 134 Å². The van der Waals surface area contributed by atoms with Crippen LogP contribution >= 0.6 is 12.4 Å². The molecule has 1 aliphatic heterocycles. The van der Waals surface area contributed by atoms with E-state index >= 15 is 0 Å². The van der Waals surface area contributed by atoms with E-state index in [0.29, 0.717) is 24.8 Å². The van der Waals surface area contributed by atoms with E-state index in [4.69, 9.17) is 5.73 Å². The molecular formula is C17H27ClN2O. The first kappa shape index (κ1) is 18.0. The molecule has 1 saturated heterocycles. The molecule has 1 aromatic carbocycles. The molecule has 1 aromatic rings. The number of nitrogens with two attached hydrogens (primary N) is 1. The van der Waals surface area contributed by atoms with Crippen LogP contribution in [-0.4, -0.2) is 30.4 Å². The molecule has 0 aromatic heterocycles. The zero-order valence-electron chi connectivity index (χ0n) is 12.8. The molecule has 1 amide bonds. The van der Waals surface area contributed by atoms with Crippen molar-refractivity contribution >= 4 is 18.3 Å². The number of benzene rings is 1. The number of carbonyl (C=O) groups excluding carboxylic acids is 1. The predicted octanol–water partition coefficient (Wildman–Crippen LogP) is 3.19. The van der Waals surface area contributed by atoms with Crippen LogP contribution in [0.2, 0.25) is 0 Å². The van der Waals surface area contributed by atoms with Crippen molar-refractivity contribution in [2.24, 2.45) is 11.7 Å². The third-order valence-corrected chi connectivity index (χ3v) is 4.43. The Bertz CT molecular complexity index is 424. The van der Waals surface area contributed by atoms with Crippen molar-refractivity contribution in [2.75, 3.05) is 19.6 Å². The fraction of sp³-hybridized carbons (Fsp3) is 0.588. The molecule has 2 N–H and O–H groups in total. The van der Waals surface area contributed by atoms with Crippen LogP contribution in [0.5, 0.6) is 0 Å². The molecule has 2 unspecified atom stereocenters. The molecule has 1 heterocycles. The van der Waals surface area contributed by atoms with Crippen LogP contribution in [0.3, 0.4) is 0 Å². The van der Waals surface area contributed by atoms with Crippen molar-refractivity contribution in [3.05, 3.63) is 35.9 Å². The van der Waals surface area contributed by atoms with E-state index in [1.165, 1.54) is 5.56 Å². The molecule has 21 heavy (non-hydrogen) atoms. The van der Waals surface area contributed by atoms with Crippen LogP contribution < -0.4 is 5.73 Å². The number of nitrogens with zero attached hydrogens (tertiary/aromatic N) is 1. The van der Waals surface area contributed by atoms with Gasteiger partial charge in [0.05, 0.1) is 0 Å². The van der Waals surface area contributed by atoms with Crippen molar-refractivity contribution < 1.29 is 4.79 Å². The van der Waals surface area contributed by atoms with E-state index in [1.807, 2.05) is 4.90 Å². The maximum absolute atomic E-state index is 12.1. The predicted molar refractivity (Wildman–Crippen MR) is 89.7 cm³/mol. The zero-order chi connectivity index (χ0) is 14.4. The SMILES string of the molecule is CCC1CN(C(=O)CCCN)CCC1c1ccccc1.Cl. The van der Waals surface area contributed by atoms with Crippen LogP contribution in [0.15, 0.2) is 30.3 Å². The van der Waals surface area contributed by atoms with E-state index in [9.17, 15) is 4.79 Å². The van der Waals surface area contributed by atoms with Gasteiger partial charge in [0.2, 0.25) is 5.91 Å². The first-order chi connectivity index (χ1) is 9.76. The van der Waals surface area contributed by atoms with E-state index in [1.54, 1.807) is 0 Å². The number of likely N-dealkylation sites (tertiary alicyclic amines) is 1. The highest BCUT2D eigenvalue weighted by atomic mass is 35.5. The van der Waals surface area contributed by atoms with Crippen LogP contribution in [0.25, 0.3) is 0 Å². The van der Waals surface area contributed by atoms with Gasteiger partial charge in [0.25, 0.3) is 0 Å². The van der Waals surface area contributed by atoms with Gasteiger partial charge in [-0.3, -0.25) is 4.79 Å². The van der Waals surface area contributed by atoms with E-state index in [2.05, 4.69) is 37.3 Å². The van der Waals surface area contributed by atoms with Crippen molar-refractivity contribution in [3.63, 3.8) is 0 Å². The van der Waals surface area contributed by atoms with Gasteiger partial charge >= 0.3 is 0 Å². The Morgan fingerprint density at radius 2 is 2.05 bits per heavy atom. The summed E-state index contributed by atoms with van der Waals surface area (Å²) in [5.41, 5.74) is 6.91. The Kier molecular flexibility index (Phi) is 7.76. The lowest BCUT2D eigenvalue weighted by Gasteiger charge is -2.38. The van der Waals surface area contributed by atoms with Crippen LogP contribution in [-0.2, 0) is 4.79 Å². The van der Waals surface area contributed by atoms with Crippen molar-refractivity contribution in [1.29, 1.82) is 0 Å². The Morgan fingerprint density at radius 3 is 2.67 bits per heavy atom. The molecule has 0 radical (unpaired) electrons. The summed E-state index contributed by atoms with van der Waals surface area (Å²) in [5, 5.41) is 0. The highest BCUT2D eigenvalue weighted by molar-refractivity contribution is 5.85. The smallest absolute Gasteiger partial charge is 0.222 e. The maximum atomic E-state index is 12.1. The monoisotopic (exact) mass is 310 g/mol. The lowest BCUT2D eigenvalue weighted by Crippen LogP contribution is -2.43. The highest BCUT2D eigenvalue weighted by Gasteiger charge is 2.30. The molecule has 0 saturated carbocycles. The number of hydrogen-bond donors (Lipinski definition) is 1. The van der Waals surface area contributed by atoms with Gasteiger partial charge in [-0.15, -0.1) is 12.4 Å². The molecule has 3 nitrogen and oxygen atoms in total. The fourth-order valence-corrected chi connectivity index (χ4v) is 3.22. The average molecular weight is 311 g/mol. The number of halogens is 1. The van der Waals surface area contributed by atoms with E-state index in [-0.39, 0.29) is 18.3 Å². The fourth-order valence-electron chi connectivity index (χ4n) is 3.22. The third-order valence-electron chi connectivity index (χ3n) is 4.43. The Balaban J connectivity index is 0.00000220. The molecule has 0 aliphatic carbocycles. The Morgan fingerprint density at radius 1 is 1.33 bits per heavy atom. The van der Waals surface area contributed by atoms with Crippen LogP contribution in [0.1, 0.15) is 44.1 Å². The van der Waals surface area contributed by atoms with Gasteiger partial charge in [-0.1, -0.05) is 43.7 Å². The number of hydrogen-bond acceptors (Lipinski definition) is 2. The summed E-state index contributed by atoms with van der Waals surface area (Å²) in [4.78, 5) is 14.2. The van der Waals surface area contributed by atoms with E-state index < -0.39 is 0 Å². The average Bonchev–Trinajstić information content (AvgIpc) is 2.52. The summed E-state index contributed by atoms with van der Waals surface area (Å²) in [6, 6.07) is 10.7. The normalized spacial score (nSPS) is 21.7. The first-order valence-electron chi connectivity index (χ1n) is 7.79. The molecule has 0 bridgehead atoms. The quantitative estimate of drug-likeness (QED) is 0.908. The molecule has 118 valence electrons. The molecule has 0 spiro atoms. The van der Waals surface area contributed by atoms with Crippen LogP contribution in [0, 0.1) is 5.92 Å². The summed E-state index contributed by atoms with van der Waals surface area (Å²) in [7, 11) is 0. The molecular weight excluding hydrogens is 284 g/mol. The van der Waals surface area contributed by atoms with Gasteiger partial charge in [0.1, 0.15) is 0 Å². The molecule has 2 rings (SSSR count). The molecule has 4 heteroatoms. The lowest BCUT2D eigenvalue weighted by molar-refractivity contribution is -0.133. The zero-order valence-corrected chi connectivity index (χ0v) is 13.6. The molecule has 2 atom stereocenters. The minimum absolute atomic E-state index is 0. The minimum atomic E-state index is 0. The second kappa shape index (κ2) is 9.06. The summed E-state index contributed by atoms with van der Waals surface area (Å²) < 4.78 is 0. The van der Waals surface area contributed by atoms with Crippen LogP contribution in [0.4, 0.5) is 0 Å². The standard InChI is InChI=1S/C17H26N2O.ClH/c1-2-14-13-19(17(20)9-6-11-18)12-10-16(14)15-7-4-3-5-8-15;/h3-5,7-8,14,16H,2,6,9-13,18H2,1H3;1H. The van der Waals surface area contributed by atoms with Gasteiger partial charge in [-0.25, -0.2) is 0 Å².